The number of anilines is 1. The highest BCUT2D eigenvalue weighted by Crippen LogP contribution is 2.34. The van der Waals surface area contributed by atoms with Gasteiger partial charge in [0.25, 0.3) is 0 Å². The van der Waals surface area contributed by atoms with Gasteiger partial charge < -0.3 is 4.90 Å². The average Bonchev–Trinajstić information content (AvgIpc) is 3.10. The molecule has 0 saturated carbocycles. The summed E-state index contributed by atoms with van der Waals surface area (Å²) in [4.78, 5) is 12.4. The lowest BCUT2D eigenvalue weighted by Gasteiger charge is -2.42. The molecule has 0 radical (unpaired) electrons. The maximum Gasteiger partial charge on any atom is 0.435 e. The van der Waals surface area contributed by atoms with Gasteiger partial charge in [-0.3, -0.25) is 14.6 Å². The molecule has 3 heterocycles. The number of nitrogens with zero attached hydrogens (tertiary/aromatic N) is 6. The van der Waals surface area contributed by atoms with Crippen LogP contribution >= 0.6 is 24.8 Å². The van der Waals surface area contributed by atoms with Gasteiger partial charge in [0.15, 0.2) is 5.69 Å². The summed E-state index contributed by atoms with van der Waals surface area (Å²) in [5.74, 6) is 0.333. The molecular weight excluding hydrogens is 471 g/mol. The number of benzene rings is 1. The van der Waals surface area contributed by atoms with Crippen LogP contribution in [-0.2, 0) is 19.8 Å². The molecule has 1 aromatic carbocycles. The number of aryl methyl sites for hydroxylation is 1. The van der Waals surface area contributed by atoms with E-state index in [0.717, 1.165) is 5.56 Å². The minimum atomic E-state index is -4.52. The Morgan fingerprint density at radius 2 is 1.78 bits per heavy atom. The Labute approximate surface area is 195 Å². The first-order valence-corrected chi connectivity index (χ1v) is 9.41. The summed E-state index contributed by atoms with van der Waals surface area (Å²) in [6.45, 7) is 1.66. The number of rotatable bonds is 4. The molecule has 0 bridgehead atoms. The molecule has 2 aromatic heterocycles. The van der Waals surface area contributed by atoms with Crippen LogP contribution in [0.2, 0.25) is 0 Å². The monoisotopic (exact) mass is 492 g/mol. The van der Waals surface area contributed by atoms with Gasteiger partial charge in [-0.1, -0.05) is 12.1 Å². The first-order chi connectivity index (χ1) is 14.3. The molecule has 3 aromatic rings. The van der Waals surface area contributed by atoms with Gasteiger partial charge >= 0.3 is 6.18 Å². The molecular formula is C20H22Cl2F4N6. The van der Waals surface area contributed by atoms with Crippen molar-refractivity contribution in [2.45, 2.75) is 18.8 Å². The van der Waals surface area contributed by atoms with E-state index in [-0.39, 0.29) is 48.8 Å². The van der Waals surface area contributed by atoms with Crippen LogP contribution in [0, 0.1) is 5.82 Å². The molecule has 0 spiro atoms. The predicted octanol–water partition coefficient (Wildman–Crippen LogP) is 4.28. The van der Waals surface area contributed by atoms with Gasteiger partial charge in [-0.05, 0) is 17.7 Å². The zero-order valence-electron chi connectivity index (χ0n) is 17.0. The molecule has 32 heavy (non-hydrogen) atoms. The van der Waals surface area contributed by atoms with E-state index in [9.17, 15) is 17.6 Å². The first-order valence-electron chi connectivity index (χ1n) is 9.41. The zero-order valence-corrected chi connectivity index (χ0v) is 18.7. The maximum atomic E-state index is 13.4. The van der Waals surface area contributed by atoms with Crippen LogP contribution in [0.25, 0.3) is 0 Å². The van der Waals surface area contributed by atoms with Crippen molar-refractivity contribution in [3.63, 3.8) is 0 Å². The maximum absolute atomic E-state index is 13.4. The smallest absolute Gasteiger partial charge is 0.352 e. The van der Waals surface area contributed by atoms with Crippen molar-refractivity contribution < 1.29 is 17.6 Å². The molecule has 0 aliphatic carbocycles. The molecule has 1 aliphatic rings. The Hall–Kier alpha value is -2.43. The molecule has 6 nitrogen and oxygen atoms in total. The summed E-state index contributed by atoms with van der Waals surface area (Å²) >= 11 is 0. The van der Waals surface area contributed by atoms with Crippen molar-refractivity contribution >= 4 is 30.6 Å². The fourth-order valence-corrected chi connectivity index (χ4v) is 3.78. The highest BCUT2D eigenvalue weighted by molar-refractivity contribution is 5.85. The van der Waals surface area contributed by atoms with E-state index in [1.165, 1.54) is 30.1 Å². The average molecular weight is 493 g/mol. The minimum Gasteiger partial charge on any atom is -0.352 e. The number of hydrogen-bond donors (Lipinski definition) is 0. The largest absolute Gasteiger partial charge is 0.435 e. The standard InChI is InChI=1S/C20H20F4N6.2ClH/c1-28-11-15(19(27-28)20(22,23)24)12-29-8-9-30(18-10-25-6-7-26-18)13-17(29)14-2-4-16(21)5-3-14;;/h2-7,10-11,17H,8-9,12-13H2,1H3;2*1H. The van der Waals surface area contributed by atoms with Gasteiger partial charge in [-0.25, -0.2) is 9.37 Å². The molecule has 1 unspecified atom stereocenters. The van der Waals surface area contributed by atoms with Crippen molar-refractivity contribution in [1.82, 2.24) is 24.6 Å². The van der Waals surface area contributed by atoms with Crippen LogP contribution in [0.15, 0.2) is 49.1 Å². The Kier molecular flexibility index (Phi) is 8.44. The molecule has 1 aliphatic heterocycles. The minimum absolute atomic E-state index is 0. The van der Waals surface area contributed by atoms with Crippen molar-refractivity contribution in [2.75, 3.05) is 24.5 Å². The number of alkyl halides is 3. The van der Waals surface area contributed by atoms with Crippen molar-refractivity contribution in [3.05, 3.63) is 71.7 Å². The third-order valence-electron chi connectivity index (χ3n) is 5.17. The van der Waals surface area contributed by atoms with E-state index in [1.807, 2.05) is 9.80 Å². The van der Waals surface area contributed by atoms with Crippen LogP contribution in [0.4, 0.5) is 23.4 Å². The van der Waals surface area contributed by atoms with Crippen molar-refractivity contribution in [2.24, 2.45) is 7.05 Å². The quantitative estimate of drug-likeness (QED) is 0.509. The van der Waals surface area contributed by atoms with Crippen LogP contribution in [0.5, 0.6) is 0 Å². The normalized spacial score (nSPS) is 16.9. The molecule has 174 valence electrons. The van der Waals surface area contributed by atoms with E-state index >= 15 is 0 Å². The Morgan fingerprint density at radius 1 is 1.06 bits per heavy atom. The van der Waals surface area contributed by atoms with Gasteiger partial charge in [0.1, 0.15) is 11.6 Å². The number of halogens is 6. The summed E-state index contributed by atoms with van der Waals surface area (Å²) < 4.78 is 54.8. The second-order valence-electron chi connectivity index (χ2n) is 7.22. The first kappa shape index (κ1) is 25.8. The lowest BCUT2D eigenvalue weighted by Crippen LogP contribution is -2.48. The molecule has 4 rings (SSSR count). The molecule has 1 atom stereocenters. The molecule has 0 amide bonds. The number of piperazine rings is 1. The fourth-order valence-electron chi connectivity index (χ4n) is 3.78. The molecule has 0 N–H and O–H groups in total. The third kappa shape index (κ3) is 5.67. The Balaban J connectivity index is 0.00000181. The summed E-state index contributed by atoms with van der Waals surface area (Å²) in [6.07, 6.45) is 1.71. The molecule has 12 heteroatoms. The second-order valence-corrected chi connectivity index (χ2v) is 7.22. The van der Waals surface area contributed by atoms with Crippen molar-refractivity contribution in [3.8, 4) is 0 Å². The highest BCUT2D eigenvalue weighted by atomic mass is 35.5. The van der Waals surface area contributed by atoms with E-state index in [2.05, 4.69) is 15.1 Å². The molecule has 1 saturated heterocycles. The highest BCUT2D eigenvalue weighted by Gasteiger charge is 2.38. The van der Waals surface area contributed by atoms with E-state index in [1.54, 1.807) is 30.7 Å². The SMILES string of the molecule is Cl.Cl.Cn1cc(CN2CCN(c3cnccn3)CC2c2ccc(F)cc2)c(C(F)(F)F)n1. The lowest BCUT2D eigenvalue weighted by molar-refractivity contribution is -0.142. The number of hydrogen-bond acceptors (Lipinski definition) is 5. The van der Waals surface area contributed by atoms with Crippen LogP contribution < -0.4 is 4.90 Å². The van der Waals surface area contributed by atoms with Crippen LogP contribution in [-0.4, -0.2) is 44.3 Å². The zero-order chi connectivity index (χ0) is 21.3. The Morgan fingerprint density at radius 3 is 2.41 bits per heavy atom. The van der Waals surface area contributed by atoms with E-state index in [0.29, 0.717) is 25.5 Å². The molecule has 1 fully saturated rings. The number of aromatic nitrogens is 4. The van der Waals surface area contributed by atoms with Gasteiger partial charge in [-0.2, -0.15) is 18.3 Å². The van der Waals surface area contributed by atoms with Gasteiger partial charge in [0.2, 0.25) is 0 Å². The summed E-state index contributed by atoms with van der Waals surface area (Å²) in [6, 6.07) is 5.81. The van der Waals surface area contributed by atoms with Crippen LogP contribution in [0.1, 0.15) is 22.9 Å². The second kappa shape index (κ2) is 10.5. The van der Waals surface area contributed by atoms with Crippen LogP contribution in [0.3, 0.4) is 0 Å². The predicted molar refractivity (Wildman–Crippen MR) is 117 cm³/mol. The fraction of sp³-hybridized carbons (Fsp3) is 0.350. The summed E-state index contributed by atoms with van der Waals surface area (Å²) in [7, 11) is 1.47. The van der Waals surface area contributed by atoms with Gasteiger partial charge in [-0.15, -0.1) is 24.8 Å². The van der Waals surface area contributed by atoms with Crippen molar-refractivity contribution in [1.29, 1.82) is 0 Å². The third-order valence-corrected chi connectivity index (χ3v) is 5.17. The van der Waals surface area contributed by atoms with E-state index < -0.39 is 11.9 Å². The van der Waals surface area contributed by atoms with Gasteiger partial charge in [0, 0.05) is 57.4 Å². The lowest BCUT2D eigenvalue weighted by atomic mass is 10.0. The van der Waals surface area contributed by atoms with Gasteiger partial charge in [0.05, 0.1) is 12.2 Å². The summed E-state index contributed by atoms with van der Waals surface area (Å²) in [5.41, 5.74) is 0.0618. The Bertz CT molecular complexity index is 998. The summed E-state index contributed by atoms with van der Waals surface area (Å²) in [5, 5.41) is 3.61. The topological polar surface area (TPSA) is 50.1 Å². The van der Waals surface area contributed by atoms with E-state index in [4.69, 9.17) is 0 Å².